The molecule has 0 amide bonds. The van der Waals surface area contributed by atoms with Crippen molar-refractivity contribution in [2.24, 2.45) is 0 Å². The molecule has 0 aliphatic carbocycles. The van der Waals surface area contributed by atoms with E-state index in [1.807, 2.05) is 0 Å². The van der Waals surface area contributed by atoms with E-state index in [4.69, 9.17) is 0 Å². The molecule has 0 heteroatoms. The van der Waals surface area contributed by atoms with Crippen LogP contribution in [0.1, 0.15) is 46.1 Å². The van der Waals surface area contributed by atoms with Crippen molar-refractivity contribution >= 4 is 5.57 Å². The molecule has 0 heterocycles. The first-order valence-electron chi connectivity index (χ1n) is 5.96. The molecule has 0 nitrogen and oxygen atoms in total. The molecule has 0 aromatic heterocycles. The Morgan fingerprint density at radius 3 is 2.19 bits per heavy atom. The van der Waals surface area contributed by atoms with Gasteiger partial charge in [0.05, 0.1) is 0 Å². The molecule has 0 saturated carbocycles. The lowest BCUT2D eigenvalue weighted by atomic mass is 9.99. The normalized spacial score (nSPS) is 12.0. The third-order valence-electron chi connectivity index (χ3n) is 2.92. The van der Waals surface area contributed by atoms with Crippen LogP contribution in [0.4, 0.5) is 0 Å². The molecule has 1 aromatic rings. The number of rotatable bonds is 4. The second-order valence-electron chi connectivity index (χ2n) is 4.59. The number of hydrogen-bond acceptors (Lipinski definition) is 0. The Morgan fingerprint density at radius 1 is 1.00 bits per heavy atom. The lowest BCUT2D eigenvalue weighted by molar-refractivity contribution is 0.968. The van der Waals surface area contributed by atoms with Gasteiger partial charge in [0.25, 0.3) is 0 Å². The summed E-state index contributed by atoms with van der Waals surface area (Å²) >= 11 is 0. The number of benzene rings is 1. The van der Waals surface area contributed by atoms with Gasteiger partial charge in [-0.1, -0.05) is 47.6 Å². The van der Waals surface area contributed by atoms with Gasteiger partial charge in [0.15, 0.2) is 0 Å². The lowest BCUT2D eigenvalue weighted by Gasteiger charge is -2.07. The zero-order valence-electron chi connectivity index (χ0n) is 10.9. The summed E-state index contributed by atoms with van der Waals surface area (Å²) < 4.78 is 0. The Morgan fingerprint density at radius 2 is 1.62 bits per heavy atom. The van der Waals surface area contributed by atoms with Crippen LogP contribution in [-0.4, -0.2) is 0 Å². The highest BCUT2D eigenvalue weighted by Crippen LogP contribution is 2.21. The molecule has 0 radical (unpaired) electrons. The molecule has 0 atom stereocenters. The van der Waals surface area contributed by atoms with Crippen molar-refractivity contribution in [3.8, 4) is 0 Å². The molecule has 0 spiro atoms. The summed E-state index contributed by atoms with van der Waals surface area (Å²) in [5.74, 6) is 0. The minimum absolute atomic E-state index is 1.15. The van der Waals surface area contributed by atoms with Crippen LogP contribution in [0.3, 0.4) is 0 Å². The van der Waals surface area contributed by atoms with Crippen molar-refractivity contribution in [2.45, 2.75) is 40.5 Å². The molecule has 1 aromatic carbocycles. The van der Waals surface area contributed by atoms with Crippen LogP contribution in [0.25, 0.3) is 5.57 Å². The van der Waals surface area contributed by atoms with E-state index in [0.717, 1.165) is 12.8 Å². The predicted octanol–water partition coefficient (Wildman–Crippen LogP) is 5.23. The largest absolute Gasteiger partial charge is 0.0856 e. The molecule has 0 N–H and O–H groups in total. The van der Waals surface area contributed by atoms with E-state index in [-0.39, 0.29) is 0 Å². The SMILES string of the molecule is CC(C)=CCC/C(C)=C(/C)c1ccccc1. The van der Waals surface area contributed by atoms with Gasteiger partial charge in [0, 0.05) is 0 Å². The standard InChI is InChI=1S/C16H22/c1-13(2)9-8-10-14(3)15(4)16-11-6-5-7-12-16/h5-7,9,11-12H,8,10H2,1-4H3/b15-14-. The summed E-state index contributed by atoms with van der Waals surface area (Å²) in [6, 6.07) is 10.6. The predicted molar refractivity (Wildman–Crippen MR) is 73.4 cm³/mol. The van der Waals surface area contributed by atoms with E-state index in [1.54, 1.807) is 0 Å². The number of allylic oxidation sites excluding steroid dienone is 4. The molecule has 0 aliphatic heterocycles. The number of hydrogen-bond donors (Lipinski definition) is 0. The quantitative estimate of drug-likeness (QED) is 0.602. The molecule has 0 fully saturated rings. The van der Waals surface area contributed by atoms with Crippen molar-refractivity contribution in [2.75, 3.05) is 0 Å². The van der Waals surface area contributed by atoms with E-state index < -0.39 is 0 Å². The first kappa shape index (κ1) is 12.8. The second kappa shape index (κ2) is 6.32. The summed E-state index contributed by atoms with van der Waals surface area (Å²) in [6.45, 7) is 8.76. The van der Waals surface area contributed by atoms with E-state index in [0.29, 0.717) is 0 Å². The van der Waals surface area contributed by atoms with E-state index >= 15 is 0 Å². The van der Waals surface area contributed by atoms with Gasteiger partial charge >= 0.3 is 0 Å². The van der Waals surface area contributed by atoms with E-state index in [1.165, 1.54) is 22.3 Å². The van der Waals surface area contributed by atoms with Crippen molar-refractivity contribution in [1.29, 1.82) is 0 Å². The summed E-state index contributed by atoms with van der Waals surface area (Å²) in [7, 11) is 0. The summed E-state index contributed by atoms with van der Waals surface area (Å²) in [6.07, 6.45) is 4.62. The van der Waals surface area contributed by atoms with Crippen LogP contribution in [0.2, 0.25) is 0 Å². The molecule has 0 bridgehead atoms. The minimum atomic E-state index is 1.15. The maximum absolute atomic E-state index is 2.31. The Balaban J connectivity index is 2.70. The van der Waals surface area contributed by atoms with Crippen LogP contribution in [0.15, 0.2) is 47.6 Å². The highest BCUT2D eigenvalue weighted by molar-refractivity contribution is 5.66. The molecule has 16 heavy (non-hydrogen) atoms. The van der Waals surface area contributed by atoms with Gasteiger partial charge in [-0.3, -0.25) is 0 Å². The summed E-state index contributed by atoms with van der Waals surface area (Å²) in [5, 5.41) is 0. The van der Waals surface area contributed by atoms with Gasteiger partial charge in [-0.2, -0.15) is 0 Å². The summed E-state index contributed by atoms with van der Waals surface area (Å²) in [4.78, 5) is 0. The molecule has 0 saturated heterocycles. The zero-order valence-corrected chi connectivity index (χ0v) is 10.9. The fourth-order valence-corrected chi connectivity index (χ4v) is 1.70. The maximum atomic E-state index is 2.31. The fraction of sp³-hybridized carbons (Fsp3) is 0.375. The van der Waals surface area contributed by atoms with Crippen molar-refractivity contribution in [1.82, 2.24) is 0 Å². The van der Waals surface area contributed by atoms with Crippen LogP contribution in [0.5, 0.6) is 0 Å². The first-order chi connectivity index (χ1) is 7.61. The Kier molecular flexibility index (Phi) is 5.04. The Bertz CT molecular complexity index is 376. The van der Waals surface area contributed by atoms with Crippen LogP contribution >= 0.6 is 0 Å². The first-order valence-corrected chi connectivity index (χ1v) is 5.96. The van der Waals surface area contributed by atoms with Crippen molar-refractivity contribution in [3.63, 3.8) is 0 Å². The smallest absolute Gasteiger partial charge is 0.0228 e. The van der Waals surface area contributed by atoms with Gasteiger partial charge in [0.1, 0.15) is 0 Å². The van der Waals surface area contributed by atoms with Gasteiger partial charge in [-0.05, 0) is 51.7 Å². The molecule has 86 valence electrons. The van der Waals surface area contributed by atoms with Gasteiger partial charge in [0.2, 0.25) is 0 Å². The molecule has 1 rings (SSSR count). The summed E-state index contributed by atoms with van der Waals surface area (Å²) in [5.41, 5.74) is 5.66. The van der Waals surface area contributed by atoms with Gasteiger partial charge < -0.3 is 0 Å². The third kappa shape index (κ3) is 4.06. The molecule has 0 aliphatic rings. The van der Waals surface area contributed by atoms with Gasteiger partial charge in [-0.15, -0.1) is 0 Å². The third-order valence-corrected chi connectivity index (χ3v) is 2.92. The van der Waals surface area contributed by atoms with Crippen LogP contribution < -0.4 is 0 Å². The van der Waals surface area contributed by atoms with Crippen LogP contribution in [0, 0.1) is 0 Å². The second-order valence-corrected chi connectivity index (χ2v) is 4.59. The van der Waals surface area contributed by atoms with Crippen molar-refractivity contribution in [3.05, 3.63) is 53.1 Å². The average molecular weight is 214 g/mol. The Labute approximate surface area is 99.7 Å². The maximum Gasteiger partial charge on any atom is -0.0228 e. The minimum Gasteiger partial charge on any atom is -0.0856 e. The van der Waals surface area contributed by atoms with E-state index in [2.05, 4.69) is 64.1 Å². The van der Waals surface area contributed by atoms with E-state index in [9.17, 15) is 0 Å². The Hall–Kier alpha value is -1.30. The topological polar surface area (TPSA) is 0 Å². The highest BCUT2D eigenvalue weighted by atomic mass is 14.0. The molecular weight excluding hydrogens is 192 g/mol. The lowest BCUT2D eigenvalue weighted by Crippen LogP contribution is -1.85. The van der Waals surface area contributed by atoms with Crippen LogP contribution in [-0.2, 0) is 0 Å². The molecular formula is C16H22. The monoisotopic (exact) mass is 214 g/mol. The average Bonchev–Trinajstić information content (AvgIpc) is 2.28. The zero-order chi connectivity index (χ0) is 12.0. The highest BCUT2D eigenvalue weighted by Gasteiger charge is 1.99. The molecule has 0 unspecified atom stereocenters. The van der Waals surface area contributed by atoms with Crippen molar-refractivity contribution < 1.29 is 0 Å². The van der Waals surface area contributed by atoms with Gasteiger partial charge in [-0.25, -0.2) is 0 Å². The fourth-order valence-electron chi connectivity index (χ4n) is 1.70.